The molecular formula is C16H30N2O2. The van der Waals surface area contributed by atoms with Gasteiger partial charge >= 0.3 is 0 Å². The van der Waals surface area contributed by atoms with E-state index >= 15 is 0 Å². The molecule has 0 aromatic carbocycles. The first-order chi connectivity index (χ1) is 9.75. The zero-order valence-electron chi connectivity index (χ0n) is 12.8. The van der Waals surface area contributed by atoms with Gasteiger partial charge < -0.3 is 15.4 Å². The molecule has 2 fully saturated rings. The Morgan fingerprint density at radius 2 is 1.75 bits per heavy atom. The van der Waals surface area contributed by atoms with Gasteiger partial charge in [-0.25, -0.2) is 0 Å². The smallest absolute Gasteiger partial charge is 0.237 e. The second kappa shape index (κ2) is 8.63. The quantitative estimate of drug-likeness (QED) is 0.705. The summed E-state index contributed by atoms with van der Waals surface area (Å²) in [6.45, 7) is 3.41. The summed E-state index contributed by atoms with van der Waals surface area (Å²) in [4.78, 5) is 12.0. The summed E-state index contributed by atoms with van der Waals surface area (Å²) < 4.78 is 5.79. The maximum atomic E-state index is 12.0. The van der Waals surface area contributed by atoms with Gasteiger partial charge in [0.15, 0.2) is 0 Å². The van der Waals surface area contributed by atoms with Crippen LogP contribution in [0.2, 0.25) is 0 Å². The summed E-state index contributed by atoms with van der Waals surface area (Å²) in [6.07, 6.45) is 11.6. The van der Waals surface area contributed by atoms with E-state index in [1.807, 2.05) is 6.92 Å². The van der Waals surface area contributed by atoms with Gasteiger partial charge in [-0.1, -0.05) is 32.1 Å². The van der Waals surface area contributed by atoms with Gasteiger partial charge in [-0.2, -0.15) is 0 Å². The number of carbonyl (C=O) groups is 1. The topological polar surface area (TPSA) is 50.4 Å². The molecule has 2 saturated carbocycles. The monoisotopic (exact) mass is 282 g/mol. The Hall–Kier alpha value is -0.610. The van der Waals surface area contributed by atoms with Crippen molar-refractivity contribution in [3.8, 4) is 0 Å². The molecule has 0 spiro atoms. The van der Waals surface area contributed by atoms with E-state index in [0.29, 0.717) is 18.8 Å². The van der Waals surface area contributed by atoms with Crippen molar-refractivity contribution in [3.05, 3.63) is 0 Å². The van der Waals surface area contributed by atoms with Gasteiger partial charge in [-0.15, -0.1) is 0 Å². The predicted octanol–water partition coefficient (Wildman–Crippen LogP) is 2.37. The summed E-state index contributed by atoms with van der Waals surface area (Å²) in [7, 11) is 0. The molecule has 1 unspecified atom stereocenters. The van der Waals surface area contributed by atoms with Gasteiger partial charge in [0.25, 0.3) is 0 Å². The highest BCUT2D eigenvalue weighted by Crippen LogP contribution is 2.20. The molecule has 1 atom stereocenters. The number of nitrogens with one attached hydrogen (secondary N) is 2. The molecule has 0 aliphatic heterocycles. The molecular weight excluding hydrogens is 252 g/mol. The van der Waals surface area contributed by atoms with E-state index in [-0.39, 0.29) is 11.9 Å². The maximum absolute atomic E-state index is 12.0. The van der Waals surface area contributed by atoms with E-state index in [0.717, 1.165) is 19.4 Å². The van der Waals surface area contributed by atoms with Crippen LogP contribution in [-0.2, 0) is 9.53 Å². The molecule has 0 aromatic heterocycles. The molecule has 4 nitrogen and oxygen atoms in total. The van der Waals surface area contributed by atoms with Crippen molar-refractivity contribution in [2.75, 3.05) is 13.2 Å². The van der Waals surface area contributed by atoms with Crippen molar-refractivity contribution in [1.29, 1.82) is 0 Å². The minimum absolute atomic E-state index is 0.121. The van der Waals surface area contributed by atoms with Crippen LogP contribution in [0.4, 0.5) is 0 Å². The normalized spacial score (nSPS) is 22.9. The van der Waals surface area contributed by atoms with Crippen molar-refractivity contribution in [2.45, 2.75) is 82.9 Å². The minimum Gasteiger partial charge on any atom is -0.377 e. The number of ether oxygens (including phenoxy) is 1. The molecule has 0 radical (unpaired) electrons. The van der Waals surface area contributed by atoms with E-state index in [9.17, 15) is 4.79 Å². The molecule has 2 N–H and O–H groups in total. The van der Waals surface area contributed by atoms with Crippen molar-refractivity contribution in [3.63, 3.8) is 0 Å². The van der Waals surface area contributed by atoms with Crippen LogP contribution < -0.4 is 10.6 Å². The number of rotatable bonds is 7. The largest absolute Gasteiger partial charge is 0.377 e. The van der Waals surface area contributed by atoms with Crippen LogP contribution in [0, 0.1) is 0 Å². The molecule has 0 saturated heterocycles. The molecule has 116 valence electrons. The summed E-state index contributed by atoms with van der Waals surface area (Å²) in [6, 6.07) is 0.277. The standard InChI is InChI=1S/C16H30N2O2/c1-13(16(19)18-14-7-3-2-4-8-14)17-11-12-20-15-9-5-6-10-15/h13-15,17H,2-12H2,1H3,(H,18,19). The predicted molar refractivity (Wildman–Crippen MR) is 80.7 cm³/mol. The van der Waals surface area contributed by atoms with E-state index in [4.69, 9.17) is 4.74 Å². The average Bonchev–Trinajstić information content (AvgIpc) is 2.97. The first-order valence-corrected chi connectivity index (χ1v) is 8.41. The first-order valence-electron chi connectivity index (χ1n) is 8.41. The van der Waals surface area contributed by atoms with Crippen LogP contribution in [0.15, 0.2) is 0 Å². The Kier molecular flexibility index (Phi) is 6.80. The fourth-order valence-corrected chi connectivity index (χ4v) is 3.22. The molecule has 20 heavy (non-hydrogen) atoms. The fourth-order valence-electron chi connectivity index (χ4n) is 3.22. The molecule has 4 heteroatoms. The third-order valence-electron chi connectivity index (χ3n) is 4.55. The lowest BCUT2D eigenvalue weighted by Crippen LogP contribution is -2.47. The molecule has 0 heterocycles. The highest BCUT2D eigenvalue weighted by atomic mass is 16.5. The third kappa shape index (κ3) is 5.41. The van der Waals surface area contributed by atoms with Crippen LogP contribution in [0.25, 0.3) is 0 Å². The molecule has 2 rings (SSSR count). The van der Waals surface area contributed by atoms with Gasteiger partial charge in [-0.3, -0.25) is 4.79 Å². The lowest BCUT2D eigenvalue weighted by molar-refractivity contribution is -0.123. The molecule has 2 aliphatic carbocycles. The van der Waals surface area contributed by atoms with Crippen LogP contribution in [0.5, 0.6) is 0 Å². The molecule has 1 amide bonds. The first kappa shape index (κ1) is 15.8. The molecule has 0 aromatic rings. The highest BCUT2D eigenvalue weighted by molar-refractivity contribution is 5.81. The van der Waals surface area contributed by atoms with Crippen molar-refractivity contribution in [2.24, 2.45) is 0 Å². The summed E-state index contributed by atoms with van der Waals surface area (Å²) >= 11 is 0. The van der Waals surface area contributed by atoms with E-state index < -0.39 is 0 Å². The maximum Gasteiger partial charge on any atom is 0.237 e. The number of hydrogen-bond donors (Lipinski definition) is 2. The SMILES string of the molecule is CC(NCCOC1CCCC1)C(=O)NC1CCCCC1. The minimum atomic E-state index is -0.121. The van der Waals surface area contributed by atoms with Crippen LogP contribution in [-0.4, -0.2) is 37.2 Å². The Balaban J connectivity index is 1.53. The van der Waals surface area contributed by atoms with Crippen LogP contribution in [0.1, 0.15) is 64.7 Å². The Labute approximate surface area is 123 Å². The Morgan fingerprint density at radius 1 is 1.10 bits per heavy atom. The van der Waals surface area contributed by atoms with E-state index in [1.54, 1.807) is 0 Å². The highest BCUT2D eigenvalue weighted by Gasteiger charge is 2.19. The van der Waals surface area contributed by atoms with Gasteiger partial charge in [0, 0.05) is 12.6 Å². The van der Waals surface area contributed by atoms with Crippen molar-refractivity contribution < 1.29 is 9.53 Å². The van der Waals surface area contributed by atoms with Gasteiger partial charge in [0.1, 0.15) is 0 Å². The Bertz CT molecular complexity index is 284. The van der Waals surface area contributed by atoms with E-state index in [1.165, 1.54) is 44.9 Å². The number of hydrogen-bond acceptors (Lipinski definition) is 3. The average molecular weight is 282 g/mol. The van der Waals surface area contributed by atoms with Gasteiger partial charge in [0.05, 0.1) is 18.8 Å². The third-order valence-corrected chi connectivity index (χ3v) is 4.55. The second-order valence-corrected chi connectivity index (χ2v) is 6.30. The summed E-state index contributed by atoms with van der Waals surface area (Å²) in [5, 5.41) is 6.42. The molecule has 0 bridgehead atoms. The van der Waals surface area contributed by atoms with Gasteiger partial charge in [0.2, 0.25) is 5.91 Å². The van der Waals surface area contributed by atoms with E-state index in [2.05, 4.69) is 10.6 Å². The van der Waals surface area contributed by atoms with Crippen LogP contribution >= 0.6 is 0 Å². The lowest BCUT2D eigenvalue weighted by atomic mass is 9.95. The van der Waals surface area contributed by atoms with Crippen molar-refractivity contribution >= 4 is 5.91 Å². The molecule has 2 aliphatic rings. The van der Waals surface area contributed by atoms with Gasteiger partial charge in [-0.05, 0) is 32.6 Å². The zero-order valence-corrected chi connectivity index (χ0v) is 12.8. The van der Waals surface area contributed by atoms with Crippen LogP contribution in [0.3, 0.4) is 0 Å². The summed E-state index contributed by atoms with van der Waals surface area (Å²) in [5.74, 6) is 0.137. The Morgan fingerprint density at radius 3 is 2.45 bits per heavy atom. The van der Waals surface area contributed by atoms with Crippen molar-refractivity contribution in [1.82, 2.24) is 10.6 Å². The second-order valence-electron chi connectivity index (χ2n) is 6.30. The number of carbonyl (C=O) groups excluding carboxylic acids is 1. The fraction of sp³-hybridized carbons (Fsp3) is 0.938. The number of amides is 1. The lowest BCUT2D eigenvalue weighted by Gasteiger charge is -2.24. The summed E-state index contributed by atoms with van der Waals surface area (Å²) in [5.41, 5.74) is 0. The zero-order chi connectivity index (χ0) is 14.2.